The van der Waals surface area contributed by atoms with Crippen molar-refractivity contribution >= 4 is 0 Å². The molecule has 0 atom stereocenters. The van der Waals surface area contributed by atoms with Crippen LogP contribution in [0.2, 0.25) is 0 Å². The zero-order valence-corrected chi connectivity index (χ0v) is 11.7. The monoisotopic (exact) mass is 277 g/mol. The minimum absolute atomic E-state index is 0.121. The van der Waals surface area contributed by atoms with Gasteiger partial charge in [0.05, 0.1) is 12.3 Å². The summed E-state index contributed by atoms with van der Waals surface area (Å²) in [6.07, 6.45) is 3.94. The number of aryl methyl sites for hydroxylation is 1. The molecule has 2 aromatic rings. The van der Waals surface area contributed by atoms with Crippen LogP contribution in [0.15, 0.2) is 24.3 Å². The highest BCUT2D eigenvalue weighted by Gasteiger charge is 2.12. The Hall–Kier alpha value is -1.75. The maximum atomic E-state index is 12.9. The third-order valence-electron chi connectivity index (χ3n) is 3.33. The van der Waals surface area contributed by atoms with Crippen molar-refractivity contribution in [1.29, 1.82) is 0 Å². The second-order valence-corrected chi connectivity index (χ2v) is 4.87. The van der Waals surface area contributed by atoms with Crippen LogP contribution in [0, 0.1) is 5.82 Å². The zero-order valence-electron chi connectivity index (χ0n) is 11.7. The highest BCUT2D eigenvalue weighted by atomic mass is 19.1. The second-order valence-electron chi connectivity index (χ2n) is 4.87. The van der Waals surface area contributed by atoms with Crippen LogP contribution in [-0.4, -0.2) is 20.1 Å². The molecule has 0 spiro atoms. The molecule has 0 saturated heterocycles. The van der Waals surface area contributed by atoms with Crippen LogP contribution in [0.5, 0.6) is 0 Å². The van der Waals surface area contributed by atoms with Crippen LogP contribution < -0.4 is 0 Å². The molecule has 1 aromatic carbocycles. The number of hydrogen-bond donors (Lipinski definition) is 1. The highest BCUT2D eigenvalue weighted by molar-refractivity contribution is 5.24. The number of nitrogens with zero attached hydrogens (tertiary/aromatic N) is 3. The molecule has 4 nitrogen and oxygen atoms in total. The zero-order chi connectivity index (χ0) is 14.4. The van der Waals surface area contributed by atoms with Crippen molar-refractivity contribution in [3.63, 3.8) is 0 Å². The predicted molar refractivity (Wildman–Crippen MR) is 74.7 cm³/mol. The number of benzene rings is 1. The van der Waals surface area contributed by atoms with Gasteiger partial charge in [-0.05, 0) is 24.1 Å². The summed E-state index contributed by atoms with van der Waals surface area (Å²) in [5, 5.41) is 17.5. The first-order valence-corrected chi connectivity index (χ1v) is 7.01. The Morgan fingerprint density at radius 1 is 1.20 bits per heavy atom. The maximum Gasteiger partial charge on any atom is 0.123 e. The average Bonchev–Trinajstić information content (AvgIpc) is 2.84. The van der Waals surface area contributed by atoms with Crippen LogP contribution in [0.3, 0.4) is 0 Å². The molecule has 1 aromatic heterocycles. The Morgan fingerprint density at radius 3 is 2.60 bits per heavy atom. The molecule has 0 aliphatic carbocycles. The molecule has 0 unspecified atom stereocenters. The summed E-state index contributed by atoms with van der Waals surface area (Å²) in [6, 6.07) is 6.39. The van der Waals surface area contributed by atoms with Gasteiger partial charge in [0.15, 0.2) is 0 Å². The Labute approximate surface area is 118 Å². The van der Waals surface area contributed by atoms with E-state index in [-0.39, 0.29) is 12.4 Å². The van der Waals surface area contributed by atoms with Gasteiger partial charge in [0.25, 0.3) is 0 Å². The van der Waals surface area contributed by atoms with E-state index in [0.717, 1.165) is 37.1 Å². The molecule has 1 heterocycles. The quantitative estimate of drug-likeness (QED) is 0.792. The van der Waals surface area contributed by atoms with Crippen molar-refractivity contribution in [1.82, 2.24) is 15.0 Å². The third-order valence-corrected chi connectivity index (χ3v) is 3.33. The molecular formula is C15H20FN3O. The van der Waals surface area contributed by atoms with Gasteiger partial charge in [-0.1, -0.05) is 37.1 Å². The first kappa shape index (κ1) is 14.7. The number of aliphatic hydroxyl groups is 1. The lowest BCUT2D eigenvalue weighted by molar-refractivity contribution is 0.275. The van der Waals surface area contributed by atoms with E-state index >= 15 is 0 Å². The van der Waals surface area contributed by atoms with E-state index in [1.165, 1.54) is 12.1 Å². The number of aliphatic hydroxyl groups excluding tert-OH is 1. The van der Waals surface area contributed by atoms with Crippen LogP contribution in [0.25, 0.3) is 0 Å². The van der Waals surface area contributed by atoms with E-state index in [1.807, 2.05) is 4.68 Å². The van der Waals surface area contributed by atoms with Crippen molar-refractivity contribution < 1.29 is 9.50 Å². The van der Waals surface area contributed by atoms with Crippen LogP contribution >= 0.6 is 0 Å². The number of aromatic nitrogens is 3. The second kappa shape index (κ2) is 7.14. The summed E-state index contributed by atoms with van der Waals surface area (Å²) in [4.78, 5) is 0. The van der Waals surface area contributed by atoms with Crippen LogP contribution in [-0.2, 0) is 19.6 Å². The van der Waals surface area contributed by atoms with Gasteiger partial charge in [0, 0.05) is 13.0 Å². The molecule has 20 heavy (non-hydrogen) atoms. The van der Waals surface area contributed by atoms with Crippen molar-refractivity contribution in [2.45, 2.75) is 45.8 Å². The lowest BCUT2D eigenvalue weighted by Gasteiger charge is -2.07. The molecule has 2 rings (SSSR count). The Morgan fingerprint density at radius 2 is 1.95 bits per heavy atom. The first-order chi connectivity index (χ1) is 9.74. The lowest BCUT2D eigenvalue weighted by atomic mass is 10.1. The van der Waals surface area contributed by atoms with Gasteiger partial charge in [0.2, 0.25) is 0 Å². The SMILES string of the molecule is CCCCCn1nnc(CO)c1Cc1ccc(F)cc1. The molecular weight excluding hydrogens is 257 g/mol. The van der Waals surface area contributed by atoms with Gasteiger partial charge >= 0.3 is 0 Å². The van der Waals surface area contributed by atoms with E-state index in [1.54, 1.807) is 12.1 Å². The van der Waals surface area contributed by atoms with E-state index in [9.17, 15) is 9.50 Å². The van der Waals surface area contributed by atoms with E-state index in [4.69, 9.17) is 0 Å². The summed E-state index contributed by atoms with van der Waals surface area (Å²) < 4.78 is 14.8. The Balaban J connectivity index is 2.15. The van der Waals surface area contributed by atoms with Gasteiger partial charge in [-0.3, -0.25) is 0 Å². The molecule has 0 saturated carbocycles. The normalized spacial score (nSPS) is 10.9. The van der Waals surface area contributed by atoms with E-state index < -0.39 is 0 Å². The molecule has 0 fully saturated rings. The number of hydrogen-bond acceptors (Lipinski definition) is 3. The summed E-state index contributed by atoms with van der Waals surface area (Å²) in [6.45, 7) is 2.83. The third kappa shape index (κ3) is 3.63. The largest absolute Gasteiger partial charge is 0.390 e. The Kier molecular flexibility index (Phi) is 5.24. The summed E-state index contributed by atoms with van der Waals surface area (Å²) in [5.74, 6) is -0.245. The average molecular weight is 277 g/mol. The summed E-state index contributed by atoms with van der Waals surface area (Å²) in [7, 11) is 0. The van der Waals surface area contributed by atoms with Gasteiger partial charge in [-0.25, -0.2) is 9.07 Å². The fourth-order valence-electron chi connectivity index (χ4n) is 2.17. The highest BCUT2D eigenvalue weighted by Crippen LogP contribution is 2.14. The molecule has 0 amide bonds. The summed E-state index contributed by atoms with van der Waals surface area (Å²) >= 11 is 0. The number of halogens is 1. The minimum atomic E-state index is -0.245. The van der Waals surface area contributed by atoms with Crippen molar-refractivity contribution in [2.75, 3.05) is 0 Å². The van der Waals surface area contributed by atoms with Crippen molar-refractivity contribution in [2.24, 2.45) is 0 Å². The minimum Gasteiger partial charge on any atom is -0.390 e. The fourth-order valence-corrected chi connectivity index (χ4v) is 2.17. The standard InChI is InChI=1S/C15H20FN3O/c1-2-3-4-9-19-15(14(11-20)17-18-19)10-12-5-7-13(16)8-6-12/h5-8,20H,2-4,9-11H2,1H3. The topological polar surface area (TPSA) is 50.9 Å². The maximum absolute atomic E-state index is 12.9. The van der Waals surface area contributed by atoms with Crippen LogP contribution in [0.4, 0.5) is 4.39 Å². The number of unbranched alkanes of at least 4 members (excludes halogenated alkanes) is 2. The molecule has 0 aliphatic heterocycles. The molecule has 0 aliphatic rings. The molecule has 108 valence electrons. The van der Waals surface area contributed by atoms with E-state index in [0.29, 0.717) is 12.1 Å². The van der Waals surface area contributed by atoms with Gasteiger partial charge in [-0.2, -0.15) is 0 Å². The molecule has 1 N–H and O–H groups in total. The predicted octanol–water partition coefficient (Wildman–Crippen LogP) is 2.69. The van der Waals surface area contributed by atoms with Gasteiger partial charge in [0.1, 0.15) is 11.5 Å². The summed E-state index contributed by atoms with van der Waals surface area (Å²) in [5.41, 5.74) is 2.50. The number of rotatable bonds is 7. The van der Waals surface area contributed by atoms with Crippen molar-refractivity contribution in [3.8, 4) is 0 Å². The molecule has 0 radical (unpaired) electrons. The molecule has 0 bridgehead atoms. The molecule has 5 heteroatoms. The van der Waals surface area contributed by atoms with Gasteiger partial charge < -0.3 is 5.11 Å². The first-order valence-electron chi connectivity index (χ1n) is 7.01. The fraction of sp³-hybridized carbons (Fsp3) is 0.467. The van der Waals surface area contributed by atoms with E-state index in [2.05, 4.69) is 17.2 Å². The smallest absolute Gasteiger partial charge is 0.123 e. The Bertz CT molecular complexity index is 537. The van der Waals surface area contributed by atoms with Crippen molar-refractivity contribution in [3.05, 3.63) is 47.0 Å². The van der Waals surface area contributed by atoms with Crippen LogP contribution in [0.1, 0.15) is 43.1 Å². The van der Waals surface area contributed by atoms with Gasteiger partial charge in [-0.15, -0.1) is 5.10 Å². The lowest BCUT2D eigenvalue weighted by Crippen LogP contribution is -2.07.